The number of likely N-dealkylation sites (tertiary alicyclic amines) is 1. The zero-order chi connectivity index (χ0) is 25.2. The molecule has 216 valence electrons. The summed E-state index contributed by atoms with van der Waals surface area (Å²) in [6.07, 6.45) is 2.54. The molecular formula is C27H33Cl3N6O4. The third kappa shape index (κ3) is 6.54. The molecule has 0 radical (unpaired) electrons. The number of aromatic amines is 1. The maximum absolute atomic E-state index is 13.6. The van der Waals surface area contributed by atoms with Crippen molar-refractivity contribution in [3.63, 3.8) is 0 Å². The molecule has 0 spiro atoms. The number of aromatic nitrogens is 2. The van der Waals surface area contributed by atoms with E-state index in [4.69, 9.17) is 9.47 Å². The number of rotatable bonds is 7. The molecule has 3 aromatic rings. The van der Waals surface area contributed by atoms with Crippen LogP contribution in [0.2, 0.25) is 0 Å². The number of ketones is 1. The molecule has 2 fully saturated rings. The van der Waals surface area contributed by atoms with E-state index >= 15 is 0 Å². The highest BCUT2D eigenvalue weighted by Gasteiger charge is 2.35. The maximum atomic E-state index is 13.6. The van der Waals surface area contributed by atoms with E-state index in [9.17, 15) is 9.59 Å². The van der Waals surface area contributed by atoms with Gasteiger partial charge in [-0.05, 0) is 56.3 Å². The molecule has 40 heavy (non-hydrogen) atoms. The van der Waals surface area contributed by atoms with Crippen LogP contribution < -0.4 is 15.5 Å². The first-order chi connectivity index (χ1) is 18.2. The second-order valence-corrected chi connectivity index (χ2v) is 9.47. The fourth-order valence-electron chi connectivity index (χ4n) is 5.18. The SMILES string of the molecule is Cl.Cl.Cl.O=C(Nc1cccc2c1C(=O)c1c(-c3ccc(OCCN4CCCC4)cc3)n[nH]c1-2)NN1CCOCC1. The van der Waals surface area contributed by atoms with Crippen molar-refractivity contribution in [2.75, 3.05) is 57.9 Å². The van der Waals surface area contributed by atoms with Crippen molar-refractivity contribution >= 4 is 54.7 Å². The molecule has 2 aromatic carbocycles. The normalized spacial score (nSPS) is 16.1. The van der Waals surface area contributed by atoms with E-state index in [1.165, 1.54) is 12.8 Å². The van der Waals surface area contributed by atoms with Crippen molar-refractivity contribution < 1.29 is 19.1 Å². The highest BCUT2D eigenvalue weighted by atomic mass is 35.5. The standard InChI is InChI=1S/C27H30N6O4.3ClH/c34-26-22-20(4-3-5-21(22)28-27(35)31-33-13-15-36-16-14-33)25-23(26)24(29-30-25)18-6-8-19(9-7-18)37-17-12-32-10-1-2-11-32;;;/h3-9H,1-2,10-17H2,(H,29,30)(H2,28,31,35);3*1H. The first kappa shape index (κ1) is 31.7. The van der Waals surface area contributed by atoms with E-state index < -0.39 is 6.03 Å². The van der Waals surface area contributed by atoms with Crippen LogP contribution in [0.15, 0.2) is 42.5 Å². The number of hydrogen-bond acceptors (Lipinski definition) is 7. The Balaban J connectivity index is 0.00000147. The molecule has 0 bridgehead atoms. The summed E-state index contributed by atoms with van der Waals surface area (Å²) in [4.78, 5) is 28.6. The Bertz CT molecular complexity index is 1310. The number of halogens is 3. The van der Waals surface area contributed by atoms with Gasteiger partial charge < -0.3 is 14.8 Å². The van der Waals surface area contributed by atoms with Crippen LogP contribution in [-0.4, -0.2) is 84.5 Å². The number of hydrazine groups is 1. The topological polar surface area (TPSA) is 112 Å². The molecule has 3 heterocycles. The number of H-pyrrole nitrogens is 1. The van der Waals surface area contributed by atoms with Crippen LogP contribution in [0, 0.1) is 0 Å². The van der Waals surface area contributed by atoms with Crippen LogP contribution in [-0.2, 0) is 4.74 Å². The maximum Gasteiger partial charge on any atom is 0.333 e. The lowest BCUT2D eigenvalue weighted by Crippen LogP contribution is -2.49. The van der Waals surface area contributed by atoms with Crippen LogP contribution in [0.5, 0.6) is 5.75 Å². The lowest BCUT2D eigenvalue weighted by molar-refractivity contribution is 0.0207. The number of urea groups is 1. The Kier molecular flexibility index (Phi) is 11.2. The fraction of sp³-hybridized carbons (Fsp3) is 0.370. The number of fused-ring (bicyclic) bond motifs is 3. The molecule has 3 N–H and O–H groups in total. The number of hydrogen-bond donors (Lipinski definition) is 3. The molecule has 6 rings (SSSR count). The van der Waals surface area contributed by atoms with Crippen LogP contribution in [0.25, 0.3) is 22.5 Å². The van der Waals surface area contributed by atoms with Crippen molar-refractivity contribution in [2.45, 2.75) is 12.8 Å². The van der Waals surface area contributed by atoms with E-state index in [1.54, 1.807) is 11.1 Å². The fourth-order valence-corrected chi connectivity index (χ4v) is 5.18. The minimum atomic E-state index is -0.391. The molecule has 10 nitrogen and oxygen atoms in total. The van der Waals surface area contributed by atoms with Crippen molar-refractivity contribution in [3.8, 4) is 28.3 Å². The van der Waals surface area contributed by atoms with Gasteiger partial charge in [0.25, 0.3) is 0 Å². The van der Waals surface area contributed by atoms with Crippen molar-refractivity contribution in [3.05, 3.63) is 53.6 Å². The second-order valence-electron chi connectivity index (χ2n) is 9.47. The number of morpholine rings is 1. The van der Waals surface area contributed by atoms with Gasteiger partial charge in [0.15, 0.2) is 5.78 Å². The van der Waals surface area contributed by atoms with Crippen LogP contribution in [0.3, 0.4) is 0 Å². The number of nitrogens with zero attached hydrogens (tertiary/aromatic N) is 3. The minimum Gasteiger partial charge on any atom is -0.492 e. The monoisotopic (exact) mass is 610 g/mol. The van der Waals surface area contributed by atoms with Gasteiger partial charge in [0.2, 0.25) is 0 Å². The van der Waals surface area contributed by atoms with Gasteiger partial charge in [0.1, 0.15) is 18.1 Å². The Morgan fingerprint density at radius 3 is 2.42 bits per heavy atom. The molecule has 0 atom stereocenters. The van der Waals surface area contributed by atoms with Crippen LogP contribution >= 0.6 is 37.2 Å². The van der Waals surface area contributed by atoms with Crippen molar-refractivity contribution in [2.24, 2.45) is 0 Å². The van der Waals surface area contributed by atoms with Gasteiger partial charge >= 0.3 is 6.03 Å². The van der Waals surface area contributed by atoms with Gasteiger partial charge in [-0.1, -0.05) is 12.1 Å². The summed E-state index contributed by atoms with van der Waals surface area (Å²) < 4.78 is 11.2. The van der Waals surface area contributed by atoms with Gasteiger partial charge in [-0.25, -0.2) is 9.80 Å². The van der Waals surface area contributed by atoms with Gasteiger partial charge in [-0.15, -0.1) is 37.2 Å². The number of carbonyl (C=O) groups excluding carboxylic acids is 2. The lowest BCUT2D eigenvalue weighted by atomic mass is 10.0. The number of nitrogens with one attached hydrogen (secondary N) is 3. The van der Waals surface area contributed by atoms with Crippen molar-refractivity contribution in [1.29, 1.82) is 0 Å². The number of anilines is 1. The summed E-state index contributed by atoms with van der Waals surface area (Å²) in [5.41, 5.74) is 7.06. The molecule has 13 heteroatoms. The Morgan fingerprint density at radius 2 is 1.70 bits per heavy atom. The largest absolute Gasteiger partial charge is 0.492 e. The number of benzene rings is 2. The average Bonchev–Trinajstić information content (AvgIpc) is 3.65. The summed E-state index contributed by atoms with van der Waals surface area (Å²) in [6, 6.07) is 12.7. The molecule has 2 saturated heterocycles. The summed E-state index contributed by atoms with van der Waals surface area (Å²) in [7, 11) is 0. The van der Waals surface area contributed by atoms with Crippen LogP contribution in [0.1, 0.15) is 28.8 Å². The summed E-state index contributed by atoms with van der Waals surface area (Å²) in [5, 5.41) is 12.1. The zero-order valence-electron chi connectivity index (χ0n) is 21.8. The van der Waals surface area contributed by atoms with Gasteiger partial charge in [0, 0.05) is 30.8 Å². The molecule has 1 aliphatic carbocycles. The highest BCUT2D eigenvalue weighted by Crippen LogP contribution is 2.43. The third-order valence-electron chi connectivity index (χ3n) is 7.08. The smallest absolute Gasteiger partial charge is 0.333 e. The van der Waals surface area contributed by atoms with E-state index in [2.05, 4.69) is 25.8 Å². The Labute approximate surface area is 251 Å². The van der Waals surface area contributed by atoms with Crippen molar-refractivity contribution in [1.82, 2.24) is 25.5 Å². The van der Waals surface area contributed by atoms with E-state index in [1.807, 2.05) is 36.4 Å². The Hall–Kier alpha value is -2.86. The molecular weight excluding hydrogens is 579 g/mol. The molecule has 0 saturated carbocycles. The number of ether oxygens (including phenoxy) is 2. The second kappa shape index (κ2) is 14.2. The first-order valence-corrected chi connectivity index (χ1v) is 12.8. The lowest BCUT2D eigenvalue weighted by Gasteiger charge is -2.27. The zero-order valence-corrected chi connectivity index (χ0v) is 24.3. The third-order valence-corrected chi connectivity index (χ3v) is 7.08. The predicted octanol–water partition coefficient (Wildman–Crippen LogP) is 4.40. The van der Waals surface area contributed by atoms with Crippen LogP contribution in [0.4, 0.5) is 10.5 Å². The van der Waals surface area contributed by atoms with E-state index in [0.29, 0.717) is 61.1 Å². The molecule has 0 unspecified atom stereocenters. The van der Waals surface area contributed by atoms with E-state index in [0.717, 1.165) is 36.5 Å². The average molecular weight is 612 g/mol. The predicted molar refractivity (Wildman–Crippen MR) is 160 cm³/mol. The quantitative estimate of drug-likeness (QED) is 0.284. The number of carbonyl (C=O) groups is 2. The minimum absolute atomic E-state index is 0. The number of amides is 2. The summed E-state index contributed by atoms with van der Waals surface area (Å²) in [5.74, 6) is 0.629. The molecule has 2 amide bonds. The Morgan fingerprint density at radius 1 is 0.975 bits per heavy atom. The van der Waals surface area contributed by atoms with E-state index in [-0.39, 0.29) is 43.0 Å². The molecule has 2 aliphatic heterocycles. The van der Waals surface area contributed by atoms with Gasteiger partial charge in [0.05, 0.1) is 35.7 Å². The van der Waals surface area contributed by atoms with Gasteiger partial charge in [-0.2, -0.15) is 5.10 Å². The summed E-state index contributed by atoms with van der Waals surface area (Å²) >= 11 is 0. The molecule has 1 aromatic heterocycles. The van der Waals surface area contributed by atoms with Gasteiger partial charge in [-0.3, -0.25) is 20.2 Å². The highest BCUT2D eigenvalue weighted by molar-refractivity contribution is 6.26. The molecule has 3 aliphatic rings. The first-order valence-electron chi connectivity index (χ1n) is 12.8. The summed E-state index contributed by atoms with van der Waals surface area (Å²) in [6.45, 7) is 6.24.